The van der Waals surface area contributed by atoms with Gasteiger partial charge >= 0.3 is 18.2 Å². The van der Waals surface area contributed by atoms with Crippen molar-refractivity contribution in [3.63, 3.8) is 0 Å². The Balaban J connectivity index is 2.08. The highest BCUT2D eigenvalue weighted by atomic mass is 16.6. The van der Waals surface area contributed by atoms with Crippen LogP contribution in [0.4, 0.5) is 15.4 Å². The lowest BCUT2D eigenvalue weighted by atomic mass is 10.2. The summed E-state index contributed by atoms with van der Waals surface area (Å²) in [4.78, 5) is 51.0. The Bertz CT molecular complexity index is 959. The number of hydrogen-bond donors (Lipinski definition) is 0. The van der Waals surface area contributed by atoms with Crippen molar-refractivity contribution in [3.8, 4) is 0 Å². The smallest absolute Gasteiger partial charge is 0.425 e. The average Bonchev–Trinajstić information content (AvgIpc) is 3.17. The second kappa shape index (κ2) is 7.54. The molecule has 162 valence electrons. The summed E-state index contributed by atoms with van der Waals surface area (Å²) in [6, 6.07) is -0.589. The van der Waals surface area contributed by atoms with Crippen LogP contribution in [0.2, 0.25) is 0 Å². The summed E-state index contributed by atoms with van der Waals surface area (Å²) in [6.07, 6.45) is 1.12. The topological polar surface area (TPSA) is 126 Å². The van der Waals surface area contributed by atoms with Crippen molar-refractivity contribution in [2.75, 3.05) is 11.5 Å². The van der Waals surface area contributed by atoms with E-state index >= 15 is 0 Å². The lowest BCUT2D eigenvalue weighted by Gasteiger charge is -2.28. The maximum Gasteiger partial charge on any atom is 0.425 e. The average molecular weight is 419 g/mol. The molecule has 0 N–H and O–H groups in total. The van der Waals surface area contributed by atoms with Gasteiger partial charge in [0.1, 0.15) is 23.6 Å². The van der Waals surface area contributed by atoms with Gasteiger partial charge in [-0.1, -0.05) is 0 Å². The molecule has 3 heterocycles. The fourth-order valence-corrected chi connectivity index (χ4v) is 2.83. The monoisotopic (exact) mass is 419 g/mol. The highest BCUT2D eigenvalue weighted by molar-refractivity contribution is 6.12. The van der Waals surface area contributed by atoms with Crippen LogP contribution in [0.25, 0.3) is 11.2 Å². The van der Waals surface area contributed by atoms with E-state index < -0.39 is 35.4 Å². The summed E-state index contributed by atoms with van der Waals surface area (Å²) in [6.45, 7) is 10.3. The standard InChI is InChI=1S/C19H25N5O6/c1-18(2,3)29-16(26)24(17(27)30-19(4,5)6)14-12-13(20-9-21-14)23(10-22-12)11-7-8-28-15(11)25/h9-11H,7-8H2,1-6H3. The van der Waals surface area contributed by atoms with E-state index in [0.717, 1.165) is 0 Å². The number of amides is 2. The van der Waals surface area contributed by atoms with Crippen LogP contribution in [0.3, 0.4) is 0 Å². The fourth-order valence-electron chi connectivity index (χ4n) is 2.83. The van der Waals surface area contributed by atoms with Crippen LogP contribution in [0, 0.1) is 0 Å². The summed E-state index contributed by atoms with van der Waals surface area (Å²) in [5.74, 6) is -0.501. The Morgan fingerprint density at radius 1 is 1.07 bits per heavy atom. The number of imide groups is 1. The van der Waals surface area contributed by atoms with Crippen LogP contribution >= 0.6 is 0 Å². The van der Waals surface area contributed by atoms with Crippen LogP contribution in [0.15, 0.2) is 12.7 Å². The van der Waals surface area contributed by atoms with Crippen molar-refractivity contribution in [2.45, 2.75) is 65.2 Å². The van der Waals surface area contributed by atoms with Crippen LogP contribution in [0.1, 0.15) is 54.0 Å². The molecule has 30 heavy (non-hydrogen) atoms. The Labute approximate surface area is 173 Å². The maximum absolute atomic E-state index is 12.9. The van der Waals surface area contributed by atoms with Gasteiger partial charge in [-0.3, -0.25) is 0 Å². The van der Waals surface area contributed by atoms with Gasteiger partial charge in [0.05, 0.1) is 12.9 Å². The number of aromatic nitrogens is 4. The molecule has 0 aromatic carbocycles. The molecule has 11 heteroatoms. The van der Waals surface area contributed by atoms with E-state index in [1.165, 1.54) is 17.2 Å². The van der Waals surface area contributed by atoms with Crippen LogP contribution in [-0.2, 0) is 19.0 Å². The molecule has 1 aliphatic heterocycles. The van der Waals surface area contributed by atoms with Gasteiger partial charge in [-0.05, 0) is 41.5 Å². The zero-order valence-electron chi connectivity index (χ0n) is 17.8. The van der Waals surface area contributed by atoms with Crippen molar-refractivity contribution >= 4 is 35.1 Å². The molecule has 0 radical (unpaired) electrons. The zero-order valence-corrected chi connectivity index (χ0v) is 17.8. The molecule has 2 aromatic rings. The van der Waals surface area contributed by atoms with Crippen LogP contribution < -0.4 is 4.90 Å². The van der Waals surface area contributed by atoms with E-state index in [0.29, 0.717) is 17.9 Å². The van der Waals surface area contributed by atoms with E-state index in [1.54, 1.807) is 41.5 Å². The lowest BCUT2D eigenvalue weighted by Crippen LogP contribution is -2.44. The molecule has 1 atom stereocenters. The largest absolute Gasteiger partial charge is 0.464 e. The summed E-state index contributed by atoms with van der Waals surface area (Å²) in [5, 5.41) is 0. The first kappa shape index (κ1) is 21.5. The first-order valence-electron chi connectivity index (χ1n) is 9.47. The number of imidazole rings is 1. The molecule has 1 aliphatic rings. The van der Waals surface area contributed by atoms with Gasteiger partial charge in [-0.2, -0.15) is 4.90 Å². The summed E-state index contributed by atoms with van der Waals surface area (Å²) in [7, 11) is 0. The molecule has 2 aromatic heterocycles. The molecule has 0 saturated carbocycles. The number of cyclic esters (lactones) is 1. The van der Waals surface area contributed by atoms with Crippen LogP contribution in [0.5, 0.6) is 0 Å². The summed E-state index contributed by atoms with van der Waals surface area (Å²) < 4.78 is 17.3. The molecule has 3 rings (SSSR count). The normalized spacial score (nSPS) is 17.0. The Kier molecular flexibility index (Phi) is 5.40. The number of rotatable bonds is 2. The highest BCUT2D eigenvalue weighted by Gasteiger charge is 2.37. The molecule has 0 bridgehead atoms. The molecule has 2 amide bonds. The van der Waals surface area contributed by atoms with Gasteiger partial charge in [-0.15, -0.1) is 0 Å². The van der Waals surface area contributed by atoms with E-state index in [2.05, 4.69) is 15.0 Å². The molecule has 0 spiro atoms. The van der Waals surface area contributed by atoms with Gasteiger partial charge in [-0.25, -0.2) is 29.3 Å². The van der Waals surface area contributed by atoms with E-state index in [1.807, 2.05) is 0 Å². The second-order valence-corrected chi connectivity index (χ2v) is 8.79. The molecular weight excluding hydrogens is 394 g/mol. The molecular formula is C19H25N5O6. The Hall–Kier alpha value is -3.24. The molecule has 11 nitrogen and oxygen atoms in total. The quantitative estimate of drug-likeness (QED) is 0.533. The predicted octanol–water partition coefficient (Wildman–Crippen LogP) is 2.99. The van der Waals surface area contributed by atoms with E-state index in [-0.39, 0.29) is 17.0 Å². The summed E-state index contributed by atoms with van der Waals surface area (Å²) >= 11 is 0. The number of esters is 1. The van der Waals surface area contributed by atoms with Crippen molar-refractivity contribution in [2.24, 2.45) is 0 Å². The number of carbonyl (C=O) groups is 3. The molecule has 1 unspecified atom stereocenters. The fraction of sp³-hybridized carbons (Fsp3) is 0.579. The van der Waals surface area contributed by atoms with Crippen molar-refractivity contribution < 1.29 is 28.6 Å². The SMILES string of the molecule is CC(C)(C)OC(=O)N(C(=O)OC(C)(C)C)c1ncnc2c1ncn2C1CCOC1=O. The van der Waals surface area contributed by atoms with Crippen molar-refractivity contribution in [3.05, 3.63) is 12.7 Å². The number of nitrogens with zero attached hydrogens (tertiary/aromatic N) is 5. The third-order valence-electron chi connectivity index (χ3n) is 3.95. The molecule has 1 fully saturated rings. The van der Waals surface area contributed by atoms with Gasteiger partial charge < -0.3 is 18.8 Å². The van der Waals surface area contributed by atoms with Crippen LogP contribution in [-0.4, -0.2) is 55.5 Å². The number of hydrogen-bond acceptors (Lipinski definition) is 9. The number of fused-ring (bicyclic) bond motifs is 1. The van der Waals surface area contributed by atoms with Gasteiger partial charge in [0.2, 0.25) is 0 Å². The third kappa shape index (κ3) is 4.50. The Morgan fingerprint density at radius 3 is 2.17 bits per heavy atom. The maximum atomic E-state index is 12.9. The lowest BCUT2D eigenvalue weighted by molar-refractivity contribution is -0.140. The number of ether oxygens (including phenoxy) is 3. The minimum absolute atomic E-state index is 0.103. The van der Waals surface area contributed by atoms with Gasteiger partial charge in [0.25, 0.3) is 0 Å². The predicted molar refractivity (Wildman–Crippen MR) is 105 cm³/mol. The van der Waals surface area contributed by atoms with Gasteiger partial charge in [0, 0.05) is 6.42 Å². The first-order chi connectivity index (χ1) is 13.9. The third-order valence-corrected chi connectivity index (χ3v) is 3.95. The molecule has 0 aliphatic carbocycles. The van der Waals surface area contributed by atoms with Crippen molar-refractivity contribution in [1.29, 1.82) is 0 Å². The van der Waals surface area contributed by atoms with Gasteiger partial charge in [0.15, 0.2) is 17.0 Å². The number of anilines is 1. The molecule has 1 saturated heterocycles. The Morgan fingerprint density at radius 2 is 1.67 bits per heavy atom. The minimum atomic E-state index is -0.966. The summed E-state index contributed by atoms with van der Waals surface area (Å²) in [5.41, 5.74) is -1.30. The first-order valence-corrected chi connectivity index (χ1v) is 9.47. The van der Waals surface area contributed by atoms with E-state index in [9.17, 15) is 14.4 Å². The van der Waals surface area contributed by atoms with E-state index in [4.69, 9.17) is 14.2 Å². The zero-order chi connectivity index (χ0) is 22.3. The minimum Gasteiger partial charge on any atom is -0.464 e. The highest BCUT2D eigenvalue weighted by Crippen LogP contribution is 2.29. The van der Waals surface area contributed by atoms with Crippen molar-refractivity contribution in [1.82, 2.24) is 19.5 Å². The number of carbonyl (C=O) groups excluding carboxylic acids is 3. The second-order valence-electron chi connectivity index (χ2n) is 8.79.